The standard InChI is InChI=1S/C30H29Cl2N3O7/c1-33-27(39)29(31)14-21-19(24(30(29,32)28(33)40)22-9-6-18(15-36)42-22)7-8-20-23(21)26(38)35(25(20)37)17-4-2-16(3-5-17)34-10-12-41-13-11-34/h2-7,9,20-21,23-24,36H,8,10-15H2,1H3. The monoisotopic (exact) mass is 613 g/mol. The average Bonchev–Trinajstić information content (AvgIpc) is 3.62. The number of aliphatic hydroxyl groups is 1. The molecule has 42 heavy (non-hydrogen) atoms. The van der Waals surface area contributed by atoms with Crippen LogP contribution >= 0.6 is 23.2 Å². The number of imide groups is 2. The molecule has 6 atom stereocenters. The van der Waals surface area contributed by atoms with Gasteiger partial charge in [0.25, 0.3) is 11.8 Å². The van der Waals surface area contributed by atoms with Crippen LogP contribution in [0.15, 0.2) is 52.5 Å². The number of furan rings is 1. The number of anilines is 2. The number of carbonyl (C=O) groups is 4. The zero-order valence-electron chi connectivity index (χ0n) is 22.8. The van der Waals surface area contributed by atoms with Crippen molar-refractivity contribution in [3.05, 3.63) is 59.6 Å². The summed E-state index contributed by atoms with van der Waals surface area (Å²) in [6, 6.07) is 10.5. The first-order valence-electron chi connectivity index (χ1n) is 14.0. The van der Waals surface area contributed by atoms with Gasteiger partial charge in [0.15, 0.2) is 9.75 Å². The van der Waals surface area contributed by atoms with E-state index in [0.717, 1.165) is 23.7 Å². The van der Waals surface area contributed by atoms with Gasteiger partial charge in [0.2, 0.25) is 11.8 Å². The Morgan fingerprint density at radius 1 is 0.929 bits per heavy atom. The maximum Gasteiger partial charge on any atom is 0.253 e. The van der Waals surface area contributed by atoms with E-state index in [-0.39, 0.29) is 42.8 Å². The van der Waals surface area contributed by atoms with Gasteiger partial charge in [-0.3, -0.25) is 29.0 Å². The lowest BCUT2D eigenvalue weighted by atomic mass is 9.57. The molecule has 5 aliphatic rings. The van der Waals surface area contributed by atoms with Crippen molar-refractivity contribution >= 4 is 58.2 Å². The zero-order chi connectivity index (χ0) is 29.6. The van der Waals surface area contributed by atoms with Crippen molar-refractivity contribution < 1.29 is 33.4 Å². The maximum atomic E-state index is 14.1. The number of amides is 4. The van der Waals surface area contributed by atoms with Crippen molar-refractivity contribution in [2.45, 2.75) is 35.1 Å². The van der Waals surface area contributed by atoms with Gasteiger partial charge in [0.05, 0.1) is 36.7 Å². The van der Waals surface area contributed by atoms with Crippen LogP contribution in [0.3, 0.4) is 0 Å². The third-order valence-electron chi connectivity index (χ3n) is 9.62. The number of allylic oxidation sites excluding steroid dienone is 2. The summed E-state index contributed by atoms with van der Waals surface area (Å²) in [5.74, 6) is -4.55. The van der Waals surface area contributed by atoms with Crippen LogP contribution in [-0.2, 0) is 30.5 Å². The molecule has 3 aliphatic heterocycles. The summed E-state index contributed by atoms with van der Waals surface area (Å²) in [7, 11) is 1.34. The summed E-state index contributed by atoms with van der Waals surface area (Å²) in [4.78, 5) is 55.5. The lowest BCUT2D eigenvalue weighted by molar-refractivity contribution is -0.138. The zero-order valence-corrected chi connectivity index (χ0v) is 24.3. The van der Waals surface area contributed by atoms with Crippen molar-refractivity contribution in [1.29, 1.82) is 0 Å². The molecule has 7 rings (SSSR count). The van der Waals surface area contributed by atoms with Gasteiger partial charge in [0, 0.05) is 25.8 Å². The molecular formula is C30H29Cl2N3O7. The number of morpholine rings is 1. The number of hydrogen-bond donors (Lipinski definition) is 1. The van der Waals surface area contributed by atoms with Crippen LogP contribution in [0.4, 0.5) is 11.4 Å². The molecular weight excluding hydrogens is 585 g/mol. The average molecular weight is 614 g/mol. The lowest BCUT2D eigenvalue weighted by Crippen LogP contribution is -2.60. The minimum atomic E-state index is -1.92. The van der Waals surface area contributed by atoms with Crippen LogP contribution in [0.5, 0.6) is 0 Å². The topological polar surface area (TPSA) is 121 Å². The van der Waals surface area contributed by atoms with Gasteiger partial charge in [0.1, 0.15) is 18.1 Å². The predicted molar refractivity (Wildman–Crippen MR) is 152 cm³/mol. The Bertz CT molecular complexity index is 1530. The van der Waals surface area contributed by atoms with Crippen LogP contribution in [0.25, 0.3) is 0 Å². The molecule has 4 amide bonds. The van der Waals surface area contributed by atoms with E-state index >= 15 is 0 Å². The molecule has 0 radical (unpaired) electrons. The van der Waals surface area contributed by atoms with Gasteiger partial charge in [-0.1, -0.05) is 11.6 Å². The lowest BCUT2D eigenvalue weighted by Gasteiger charge is -2.49. The summed E-state index contributed by atoms with van der Waals surface area (Å²) in [5.41, 5.74) is 2.10. The van der Waals surface area contributed by atoms with Crippen LogP contribution < -0.4 is 9.80 Å². The molecule has 1 aromatic heterocycles. The highest BCUT2D eigenvalue weighted by Gasteiger charge is 2.76. The minimum Gasteiger partial charge on any atom is -0.463 e. The van der Waals surface area contributed by atoms with Crippen molar-refractivity contribution in [2.75, 3.05) is 43.2 Å². The fraction of sp³-hybridized carbons (Fsp3) is 0.467. The van der Waals surface area contributed by atoms with E-state index in [1.165, 1.54) is 11.9 Å². The van der Waals surface area contributed by atoms with E-state index in [9.17, 15) is 24.3 Å². The molecule has 6 unspecified atom stereocenters. The highest BCUT2D eigenvalue weighted by molar-refractivity contribution is 6.53. The molecule has 0 bridgehead atoms. The number of nitrogens with zero attached hydrogens (tertiary/aromatic N) is 3. The van der Waals surface area contributed by atoms with Crippen LogP contribution in [0.2, 0.25) is 0 Å². The maximum absolute atomic E-state index is 14.1. The molecule has 1 aromatic carbocycles. The Morgan fingerprint density at radius 2 is 1.62 bits per heavy atom. The number of carbonyl (C=O) groups excluding carboxylic acids is 4. The van der Waals surface area contributed by atoms with Crippen LogP contribution in [0, 0.1) is 17.8 Å². The van der Waals surface area contributed by atoms with Crippen molar-refractivity contribution in [3.8, 4) is 0 Å². The SMILES string of the molecule is CN1C(=O)C2(Cl)CC3C(=CCC4C(=O)N(c5ccc(N6CCOCC6)cc5)C(=O)C43)C(c3ccc(CO)o3)C2(Cl)C1=O. The Labute approximate surface area is 251 Å². The fourth-order valence-corrected chi connectivity index (χ4v) is 8.58. The molecule has 4 fully saturated rings. The fourth-order valence-electron chi connectivity index (χ4n) is 7.58. The van der Waals surface area contributed by atoms with Gasteiger partial charge < -0.3 is 19.2 Å². The van der Waals surface area contributed by atoms with Crippen molar-refractivity contribution in [1.82, 2.24) is 4.90 Å². The first kappa shape index (κ1) is 27.6. The predicted octanol–water partition coefficient (Wildman–Crippen LogP) is 2.80. The highest BCUT2D eigenvalue weighted by atomic mass is 35.5. The van der Waals surface area contributed by atoms with Gasteiger partial charge in [-0.05, 0) is 55.2 Å². The second-order valence-corrected chi connectivity index (χ2v) is 12.8. The second kappa shape index (κ2) is 9.67. The molecule has 12 heteroatoms. The molecule has 220 valence electrons. The smallest absolute Gasteiger partial charge is 0.253 e. The van der Waals surface area contributed by atoms with E-state index < -0.39 is 45.2 Å². The van der Waals surface area contributed by atoms with E-state index in [4.69, 9.17) is 32.4 Å². The number of fused-ring (bicyclic) bond motifs is 4. The normalized spacial score (nSPS) is 34.5. The van der Waals surface area contributed by atoms with Gasteiger partial charge in [-0.25, -0.2) is 0 Å². The molecule has 3 saturated heterocycles. The van der Waals surface area contributed by atoms with E-state index in [0.29, 0.717) is 24.5 Å². The number of rotatable bonds is 4. The number of ether oxygens (including phenoxy) is 1. The van der Waals surface area contributed by atoms with Gasteiger partial charge in [-0.15, -0.1) is 23.2 Å². The number of halogens is 2. The van der Waals surface area contributed by atoms with Gasteiger partial charge in [-0.2, -0.15) is 0 Å². The Balaban J connectivity index is 1.27. The number of aliphatic hydroxyl groups excluding tert-OH is 1. The Hall–Kier alpha value is -3.18. The molecule has 0 spiro atoms. The third kappa shape index (κ3) is 3.58. The summed E-state index contributed by atoms with van der Waals surface area (Å²) >= 11 is 14.2. The van der Waals surface area contributed by atoms with Crippen LogP contribution in [-0.4, -0.2) is 76.7 Å². The first-order chi connectivity index (χ1) is 20.1. The largest absolute Gasteiger partial charge is 0.463 e. The quantitative estimate of drug-likeness (QED) is 0.317. The summed E-state index contributed by atoms with van der Waals surface area (Å²) in [6.45, 7) is 2.43. The van der Waals surface area contributed by atoms with E-state index in [1.54, 1.807) is 24.3 Å². The number of hydrogen-bond acceptors (Lipinski definition) is 8. The Kier molecular flexibility index (Phi) is 6.36. The number of likely N-dealkylation sites (tertiary alicyclic amines) is 1. The first-order valence-corrected chi connectivity index (χ1v) is 14.8. The third-order valence-corrected chi connectivity index (χ3v) is 11.0. The molecule has 4 heterocycles. The van der Waals surface area contributed by atoms with Gasteiger partial charge >= 0.3 is 0 Å². The second-order valence-electron chi connectivity index (χ2n) is 11.6. The molecule has 1 N–H and O–H groups in total. The summed E-state index contributed by atoms with van der Waals surface area (Å²) < 4.78 is 11.3. The van der Waals surface area contributed by atoms with E-state index in [2.05, 4.69) is 4.90 Å². The van der Waals surface area contributed by atoms with Crippen molar-refractivity contribution in [3.63, 3.8) is 0 Å². The van der Waals surface area contributed by atoms with Crippen LogP contribution in [0.1, 0.15) is 30.3 Å². The molecule has 10 nitrogen and oxygen atoms in total. The number of alkyl halides is 2. The summed E-state index contributed by atoms with van der Waals surface area (Å²) in [6.07, 6.45) is 2.02. The number of benzene rings is 1. The molecule has 1 saturated carbocycles. The Morgan fingerprint density at radius 3 is 2.29 bits per heavy atom. The van der Waals surface area contributed by atoms with Crippen molar-refractivity contribution in [2.24, 2.45) is 17.8 Å². The molecule has 2 aromatic rings. The molecule has 2 aliphatic carbocycles. The highest BCUT2D eigenvalue weighted by Crippen LogP contribution is 2.65. The summed E-state index contributed by atoms with van der Waals surface area (Å²) in [5, 5.41) is 9.64. The minimum absolute atomic E-state index is 0.0904. The van der Waals surface area contributed by atoms with E-state index in [1.807, 2.05) is 18.2 Å².